The van der Waals surface area contributed by atoms with Crippen molar-refractivity contribution in [2.24, 2.45) is 0 Å². The Balaban J connectivity index is 1.71. The fraction of sp³-hybridized carbons (Fsp3) is 0.211. The first kappa shape index (κ1) is 19.6. The number of esters is 1. The van der Waals surface area contributed by atoms with Crippen LogP contribution >= 0.6 is 11.3 Å². The molecule has 0 fully saturated rings. The Bertz CT molecular complexity index is 1030. The zero-order chi connectivity index (χ0) is 20.3. The monoisotopic (exact) mass is 403 g/mol. The van der Waals surface area contributed by atoms with Gasteiger partial charge in [0.15, 0.2) is 24.0 Å². The molecule has 2 heterocycles. The summed E-state index contributed by atoms with van der Waals surface area (Å²) in [5.41, 5.74) is 1.23. The predicted molar refractivity (Wildman–Crippen MR) is 102 cm³/mol. The highest BCUT2D eigenvalue weighted by Gasteiger charge is 2.22. The second kappa shape index (κ2) is 8.22. The highest BCUT2D eigenvalue weighted by Crippen LogP contribution is 2.33. The molecule has 3 aromatic rings. The van der Waals surface area contributed by atoms with Gasteiger partial charge in [-0.3, -0.25) is 4.79 Å². The summed E-state index contributed by atoms with van der Waals surface area (Å²) >= 11 is 1.29. The number of nitrogens with zero attached hydrogens (tertiary/aromatic N) is 2. The Morgan fingerprint density at radius 2 is 2.00 bits per heavy atom. The number of halogens is 1. The van der Waals surface area contributed by atoms with Gasteiger partial charge in [-0.15, -0.1) is 11.3 Å². The smallest absolute Gasteiger partial charge is 0.341 e. The number of thiophene rings is 1. The zero-order valence-electron chi connectivity index (χ0n) is 15.5. The van der Waals surface area contributed by atoms with Crippen LogP contribution in [0.25, 0.3) is 0 Å². The molecule has 0 spiro atoms. The van der Waals surface area contributed by atoms with Gasteiger partial charge in [-0.25, -0.2) is 13.9 Å². The lowest BCUT2D eigenvalue weighted by Gasteiger charge is -2.07. The summed E-state index contributed by atoms with van der Waals surface area (Å²) in [6.45, 7) is 3.60. The van der Waals surface area contributed by atoms with Crippen molar-refractivity contribution in [3.05, 3.63) is 64.0 Å². The lowest BCUT2D eigenvalue weighted by atomic mass is 10.1. The molecule has 9 heteroatoms. The maximum absolute atomic E-state index is 13.6. The van der Waals surface area contributed by atoms with Crippen LogP contribution in [0.5, 0.6) is 5.75 Å². The molecular formula is C19H18FN3O4S. The summed E-state index contributed by atoms with van der Waals surface area (Å²) in [6, 6.07) is 7.52. The Labute approximate surface area is 164 Å². The van der Waals surface area contributed by atoms with E-state index in [1.165, 1.54) is 41.3 Å². The molecule has 1 aromatic carbocycles. The molecule has 0 saturated carbocycles. The maximum atomic E-state index is 13.6. The number of aryl methyl sites for hydroxylation is 1. The fourth-order valence-corrected chi connectivity index (χ4v) is 3.53. The van der Waals surface area contributed by atoms with E-state index >= 15 is 0 Å². The largest absolute Gasteiger partial charge is 0.468 e. The van der Waals surface area contributed by atoms with Crippen molar-refractivity contribution >= 4 is 28.2 Å². The quantitative estimate of drug-likeness (QED) is 0.634. The van der Waals surface area contributed by atoms with Crippen molar-refractivity contribution in [3.8, 4) is 5.75 Å². The van der Waals surface area contributed by atoms with E-state index in [1.54, 1.807) is 25.3 Å². The van der Waals surface area contributed by atoms with Crippen LogP contribution in [-0.4, -0.2) is 28.8 Å². The summed E-state index contributed by atoms with van der Waals surface area (Å²) in [6.07, 6.45) is 1.54. The van der Waals surface area contributed by atoms with E-state index in [4.69, 9.17) is 9.47 Å². The SMILES string of the molecule is COC(=O)c1c(NC(=O)c2ccn(COc3ccccc3F)n2)sc(C)c1C. The molecule has 1 N–H and O–H groups in total. The molecular weight excluding hydrogens is 385 g/mol. The average molecular weight is 403 g/mol. The first-order chi connectivity index (χ1) is 13.4. The summed E-state index contributed by atoms with van der Waals surface area (Å²) in [5.74, 6) is -1.38. The number of para-hydroxylation sites is 1. The fourth-order valence-electron chi connectivity index (χ4n) is 2.48. The van der Waals surface area contributed by atoms with Crippen LogP contribution in [0.2, 0.25) is 0 Å². The van der Waals surface area contributed by atoms with Crippen LogP contribution < -0.4 is 10.1 Å². The first-order valence-electron chi connectivity index (χ1n) is 8.31. The van der Waals surface area contributed by atoms with Crippen LogP contribution in [0.1, 0.15) is 31.3 Å². The minimum atomic E-state index is -0.513. The van der Waals surface area contributed by atoms with E-state index in [9.17, 15) is 14.0 Å². The normalized spacial score (nSPS) is 10.6. The molecule has 0 aliphatic carbocycles. The van der Waals surface area contributed by atoms with E-state index in [1.807, 2.05) is 6.92 Å². The number of nitrogens with one attached hydrogen (secondary N) is 1. The van der Waals surface area contributed by atoms with Crippen molar-refractivity contribution in [2.75, 3.05) is 12.4 Å². The van der Waals surface area contributed by atoms with Gasteiger partial charge in [-0.2, -0.15) is 5.10 Å². The van der Waals surface area contributed by atoms with Gasteiger partial charge in [0.25, 0.3) is 5.91 Å². The summed E-state index contributed by atoms with van der Waals surface area (Å²) in [4.78, 5) is 25.4. The molecule has 7 nitrogen and oxygen atoms in total. The number of carbonyl (C=O) groups excluding carboxylic acids is 2. The number of ether oxygens (including phenoxy) is 2. The maximum Gasteiger partial charge on any atom is 0.341 e. The van der Waals surface area contributed by atoms with Gasteiger partial charge in [-0.1, -0.05) is 12.1 Å². The van der Waals surface area contributed by atoms with Crippen molar-refractivity contribution in [1.29, 1.82) is 0 Å². The molecule has 0 atom stereocenters. The molecule has 3 rings (SSSR count). The highest BCUT2D eigenvalue weighted by atomic mass is 32.1. The van der Waals surface area contributed by atoms with Crippen LogP contribution in [-0.2, 0) is 11.5 Å². The first-order valence-corrected chi connectivity index (χ1v) is 9.12. The van der Waals surface area contributed by atoms with Gasteiger partial charge >= 0.3 is 5.97 Å². The molecule has 0 aliphatic rings. The second-order valence-corrected chi connectivity index (χ2v) is 7.10. The molecule has 0 bridgehead atoms. The Morgan fingerprint density at radius 3 is 2.71 bits per heavy atom. The predicted octanol–water partition coefficient (Wildman–Crippen LogP) is 3.78. The molecule has 146 valence electrons. The number of aromatic nitrogens is 2. The average Bonchev–Trinajstić information content (AvgIpc) is 3.26. The van der Waals surface area contributed by atoms with Gasteiger partial charge in [-0.05, 0) is 37.6 Å². The Kier molecular flexibility index (Phi) is 5.74. The van der Waals surface area contributed by atoms with Crippen LogP contribution in [0, 0.1) is 19.7 Å². The highest BCUT2D eigenvalue weighted by molar-refractivity contribution is 7.16. The number of hydrogen-bond donors (Lipinski definition) is 1. The van der Waals surface area contributed by atoms with Gasteiger partial charge < -0.3 is 14.8 Å². The Morgan fingerprint density at radius 1 is 1.25 bits per heavy atom. The number of carbonyl (C=O) groups is 2. The number of rotatable bonds is 6. The molecule has 0 radical (unpaired) electrons. The van der Waals surface area contributed by atoms with Crippen LogP contribution in [0.4, 0.5) is 9.39 Å². The van der Waals surface area contributed by atoms with E-state index in [0.29, 0.717) is 10.6 Å². The number of anilines is 1. The summed E-state index contributed by atoms with van der Waals surface area (Å²) in [7, 11) is 1.29. The van der Waals surface area contributed by atoms with Crippen molar-refractivity contribution in [1.82, 2.24) is 9.78 Å². The van der Waals surface area contributed by atoms with Crippen LogP contribution in [0.3, 0.4) is 0 Å². The number of methoxy groups -OCH3 is 1. The molecule has 1 amide bonds. The minimum absolute atomic E-state index is 0.0567. The number of hydrogen-bond acceptors (Lipinski definition) is 6. The lowest BCUT2D eigenvalue weighted by Crippen LogP contribution is -2.16. The number of benzene rings is 1. The molecule has 2 aromatic heterocycles. The van der Waals surface area contributed by atoms with Crippen molar-refractivity contribution in [3.63, 3.8) is 0 Å². The van der Waals surface area contributed by atoms with E-state index in [-0.39, 0.29) is 18.2 Å². The van der Waals surface area contributed by atoms with Crippen molar-refractivity contribution in [2.45, 2.75) is 20.6 Å². The third-order valence-electron chi connectivity index (χ3n) is 4.06. The lowest BCUT2D eigenvalue weighted by molar-refractivity contribution is 0.0601. The second-order valence-electron chi connectivity index (χ2n) is 5.88. The summed E-state index contributed by atoms with van der Waals surface area (Å²) in [5, 5.41) is 7.23. The van der Waals surface area contributed by atoms with E-state index < -0.39 is 17.7 Å². The number of amides is 1. The van der Waals surface area contributed by atoms with Crippen LogP contribution in [0.15, 0.2) is 36.5 Å². The minimum Gasteiger partial charge on any atom is -0.468 e. The third kappa shape index (κ3) is 4.04. The van der Waals surface area contributed by atoms with Gasteiger partial charge in [0, 0.05) is 11.1 Å². The summed E-state index contributed by atoms with van der Waals surface area (Å²) < 4.78 is 25.1. The molecule has 0 aliphatic heterocycles. The standard InChI is InChI=1S/C19H18FN3O4S/c1-11-12(2)28-18(16(11)19(25)26-3)21-17(24)14-8-9-23(22-14)10-27-15-7-5-4-6-13(15)20/h4-9H,10H2,1-3H3,(H,21,24). The Hall–Kier alpha value is -3.20. The van der Waals surface area contributed by atoms with Gasteiger partial charge in [0.2, 0.25) is 0 Å². The zero-order valence-corrected chi connectivity index (χ0v) is 16.3. The molecule has 28 heavy (non-hydrogen) atoms. The van der Waals surface area contributed by atoms with E-state index in [2.05, 4.69) is 10.4 Å². The van der Waals surface area contributed by atoms with Gasteiger partial charge in [0.05, 0.1) is 12.7 Å². The van der Waals surface area contributed by atoms with Gasteiger partial charge in [0.1, 0.15) is 5.00 Å². The van der Waals surface area contributed by atoms with E-state index in [0.717, 1.165) is 10.4 Å². The third-order valence-corrected chi connectivity index (χ3v) is 5.19. The molecule has 0 saturated heterocycles. The molecule has 0 unspecified atom stereocenters. The topological polar surface area (TPSA) is 82.5 Å². The van der Waals surface area contributed by atoms with Crippen molar-refractivity contribution < 1.29 is 23.5 Å².